The van der Waals surface area contributed by atoms with Crippen LogP contribution in [0.15, 0.2) is 18.2 Å². The first-order valence-electron chi connectivity index (χ1n) is 7.79. The Hall–Kier alpha value is -0.600. The van der Waals surface area contributed by atoms with Crippen molar-refractivity contribution >= 4 is 11.6 Å². The minimum Gasteiger partial charge on any atom is -0.307 e. The largest absolute Gasteiger partial charge is 0.307 e. The maximum atomic E-state index is 13.5. The third-order valence-corrected chi connectivity index (χ3v) is 4.87. The summed E-state index contributed by atoms with van der Waals surface area (Å²) in [7, 11) is 0. The first kappa shape index (κ1) is 15.8. The lowest BCUT2D eigenvalue weighted by molar-refractivity contribution is 0.316. The van der Waals surface area contributed by atoms with E-state index in [1.807, 2.05) is 6.07 Å². The monoisotopic (exact) mass is 297 g/mol. The molecule has 1 unspecified atom stereocenters. The quantitative estimate of drug-likeness (QED) is 0.725. The lowest BCUT2D eigenvalue weighted by atomic mass is 9.92. The van der Waals surface area contributed by atoms with Gasteiger partial charge in [0.2, 0.25) is 0 Å². The Balaban J connectivity index is 1.95. The second-order valence-corrected chi connectivity index (χ2v) is 6.51. The maximum Gasteiger partial charge on any atom is 0.142 e. The molecule has 2 atom stereocenters. The van der Waals surface area contributed by atoms with Crippen LogP contribution in [0.5, 0.6) is 0 Å². The van der Waals surface area contributed by atoms with Gasteiger partial charge in [-0.2, -0.15) is 0 Å². The molecular weight excluding hydrogens is 273 g/mol. The standard InChI is InChI=1S/C17H25ClFN/c1-12(14-7-5-3-4-6-8-14)20-13(2)15-9-10-16(18)17(19)11-15/h9-14,20H,3-8H2,1-2H3/t12-,13?/m1/s1. The van der Waals surface area contributed by atoms with E-state index in [0.29, 0.717) is 6.04 Å². The van der Waals surface area contributed by atoms with E-state index < -0.39 is 0 Å². The van der Waals surface area contributed by atoms with Crippen molar-refractivity contribution in [3.63, 3.8) is 0 Å². The number of nitrogens with one attached hydrogen (secondary N) is 1. The summed E-state index contributed by atoms with van der Waals surface area (Å²) in [6, 6.07) is 5.71. The van der Waals surface area contributed by atoms with E-state index in [4.69, 9.17) is 11.6 Å². The SMILES string of the molecule is CC(N[C@H](C)C1CCCCCC1)c1ccc(Cl)c(F)c1. The molecule has 112 valence electrons. The molecule has 1 aromatic carbocycles. The molecule has 1 fully saturated rings. The molecule has 0 spiro atoms. The summed E-state index contributed by atoms with van der Waals surface area (Å²) < 4.78 is 13.5. The Morgan fingerprint density at radius 3 is 2.40 bits per heavy atom. The summed E-state index contributed by atoms with van der Waals surface area (Å²) in [5.41, 5.74) is 0.965. The zero-order valence-corrected chi connectivity index (χ0v) is 13.2. The Kier molecular flexibility index (Phi) is 5.86. The van der Waals surface area contributed by atoms with Crippen LogP contribution < -0.4 is 5.32 Å². The van der Waals surface area contributed by atoms with Gasteiger partial charge in [0.25, 0.3) is 0 Å². The van der Waals surface area contributed by atoms with Gasteiger partial charge in [0.1, 0.15) is 5.82 Å². The van der Waals surface area contributed by atoms with Crippen molar-refractivity contribution in [1.82, 2.24) is 5.32 Å². The summed E-state index contributed by atoms with van der Waals surface area (Å²) in [5, 5.41) is 3.82. The highest BCUT2D eigenvalue weighted by Crippen LogP contribution is 2.27. The lowest BCUT2D eigenvalue weighted by Gasteiger charge is -2.27. The predicted octanol–water partition coefficient (Wildman–Crippen LogP) is 5.49. The third-order valence-electron chi connectivity index (χ3n) is 4.56. The molecule has 1 aliphatic rings. The van der Waals surface area contributed by atoms with Crippen molar-refractivity contribution in [2.75, 3.05) is 0 Å². The molecular formula is C17H25ClFN. The summed E-state index contributed by atoms with van der Waals surface area (Å²) in [6.45, 7) is 4.36. The zero-order chi connectivity index (χ0) is 14.5. The van der Waals surface area contributed by atoms with Gasteiger partial charge in [0, 0.05) is 12.1 Å². The van der Waals surface area contributed by atoms with Crippen LogP contribution in [0, 0.1) is 11.7 Å². The molecule has 1 nitrogen and oxygen atoms in total. The smallest absolute Gasteiger partial charge is 0.142 e. The molecule has 0 radical (unpaired) electrons. The Labute approximate surface area is 126 Å². The third kappa shape index (κ3) is 4.20. The van der Waals surface area contributed by atoms with Gasteiger partial charge in [0.05, 0.1) is 5.02 Å². The molecule has 1 N–H and O–H groups in total. The Morgan fingerprint density at radius 2 is 1.80 bits per heavy atom. The predicted molar refractivity (Wildman–Crippen MR) is 83.6 cm³/mol. The molecule has 2 rings (SSSR count). The van der Waals surface area contributed by atoms with Crippen LogP contribution in [0.3, 0.4) is 0 Å². The molecule has 1 aromatic rings. The number of hydrogen-bond donors (Lipinski definition) is 1. The van der Waals surface area contributed by atoms with Gasteiger partial charge in [-0.3, -0.25) is 0 Å². The van der Waals surface area contributed by atoms with Gasteiger partial charge in [-0.1, -0.05) is 43.4 Å². The second kappa shape index (κ2) is 7.42. The summed E-state index contributed by atoms with van der Waals surface area (Å²) in [6.07, 6.45) is 8.08. The second-order valence-electron chi connectivity index (χ2n) is 6.10. The fraction of sp³-hybridized carbons (Fsp3) is 0.647. The van der Waals surface area contributed by atoms with Crippen molar-refractivity contribution in [2.24, 2.45) is 5.92 Å². The fourth-order valence-corrected chi connectivity index (χ4v) is 3.34. The van der Waals surface area contributed by atoms with Gasteiger partial charge < -0.3 is 5.32 Å². The highest BCUT2D eigenvalue weighted by Gasteiger charge is 2.21. The average molecular weight is 298 g/mol. The van der Waals surface area contributed by atoms with E-state index in [-0.39, 0.29) is 16.9 Å². The molecule has 1 saturated carbocycles. The topological polar surface area (TPSA) is 12.0 Å². The lowest BCUT2D eigenvalue weighted by Crippen LogP contribution is -2.35. The van der Waals surface area contributed by atoms with E-state index >= 15 is 0 Å². The molecule has 0 heterocycles. The van der Waals surface area contributed by atoms with Gasteiger partial charge in [-0.25, -0.2) is 4.39 Å². The first-order chi connectivity index (χ1) is 9.58. The van der Waals surface area contributed by atoms with Crippen molar-refractivity contribution in [3.05, 3.63) is 34.6 Å². The van der Waals surface area contributed by atoms with Crippen molar-refractivity contribution in [3.8, 4) is 0 Å². The summed E-state index contributed by atoms with van der Waals surface area (Å²) >= 11 is 5.74. The van der Waals surface area contributed by atoms with E-state index in [0.717, 1.165) is 11.5 Å². The van der Waals surface area contributed by atoms with Crippen LogP contribution >= 0.6 is 11.6 Å². The Morgan fingerprint density at radius 1 is 1.15 bits per heavy atom. The van der Waals surface area contributed by atoms with Crippen LogP contribution in [0.4, 0.5) is 4.39 Å². The van der Waals surface area contributed by atoms with Gasteiger partial charge >= 0.3 is 0 Å². The van der Waals surface area contributed by atoms with Gasteiger partial charge in [-0.15, -0.1) is 0 Å². The van der Waals surface area contributed by atoms with Crippen LogP contribution in [0.25, 0.3) is 0 Å². The molecule has 0 bridgehead atoms. The van der Waals surface area contributed by atoms with Gasteiger partial charge in [0.15, 0.2) is 0 Å². The highest BCUT2D eigenvalue weighted by molar-refractivity contribution is 6.30. The maximum absolute atomic E-state index is 13.5. The Bertz CT molecular complexity index is 427. The molecule has 0 aliphatic heterocycles. The fourth-order valence-electron chi connectivity index (χ4n) is 3.22. The summed E-state index contributed by atoms with van der Waals surface area (Å²) in [5.74, 6) is 0.414. The van der Waals surface area contributed by atoms with Crippen LogP contribution in [0.2, 0.25) is 5.02 Å². The molecule has 3 heteroatoms. The normalized spacial score (nSPS) is 20.4. The van der Waals surface area contributed by atoms with Crippen molar-refractivity contribution in [1.29, 1.82) is 0 Å². The van der Waals surface area contributed by atoms with Crippen LogP contribution in [-0.2, 0) is 0 Å². The van der Waals surface area contributed by atoms with E-state index in [1.165, 1.54) is 38.5 Å². The van der Waals surface area contributed by atoms with E-state index in [9.17, 15) is 4.39 Å². The summed E-state index contributed by atoms with van der Waals surface area (Å²) in [4.78, 5) is 0. The molecule has 1 aliphatic carbocycles. The van der Waals surface area contributed by atoms with E-state index in [2.05, 4.69) is 19.2 Å². The highest BCUT2D eigenvalue weighted by atomic mass is 35.5. The van der Waals surface area contributed by atoms with Crippen molar-refractivity contribution < 1.29 is 4.39 Å². The minimum absolute atomic E-state index is 0.153. The van der Waals surface area contributed by atoms with Crippen molar-refractivity contribution in [2.45, 2.75) is 64.5 Å². The average Bonchev–Trinajstić information content (AvgIpc) is 2.70. The number of rotatable bonds is 4. The molecule has 0 aromatic heterocycles. The number of hydrogen-bond acceptors (Lipinski definition) is 1. The number of halogens is 2. The first-order valence-corrected chi connectivity index (χ1v) is 8.16. The number of benzene rings is 1. The molecule has 0 saturated heterocycles. The van der Waals surface area contributed by atoms with E-state index in [1.54, 1.807) is 12.1 Å². The molecule has 20 heavy (non-hydrogen) atoms. The van der Waals surface area contributed by atoms with Crippen LogP contribution in [0.1, 0.15) is 64.0 Å². The minimum atomic E-state index is -0.333. The van der Waals surface area contributed by atoms with Crippen LogP contribution in [-0.4, -0.2) is 6.04 Å². The van der Waals surface area contributed by atoms with Gasteiger partial charge in [-0.05, 0) is 50.3 Å². The zero-order valence-electron chi connectivity index (χ0n) is 12.5. The molecule has 0 amide bonds.